The molecule has 1 aliphatic rings. The number of hydrogen-bond acceptors (Lipinski definition) is 3. The quantitative estimate of drug-likeness (QED) is 0.871. The molecule has 2 rings (SSSR count). The van der Waals surface area contributed by atoms with Crippen LogP contribution in [-0.2, 0) is 9.59 Å². The fraction of sp³-hybridized carbons (Fsp3) is 0.429. The first-order chi connectivity index (χ1) is 8.87. The molecule has 1 aliphatic carbocycles. The lowest BCUT2D eigenvalue weighted by molar-refractivity contribution is -0.140. The van der Waals surface area contributed by atoms with Crippen molar-refractivity contribution in [3.8, 4) is 5.75 Å². The van der Waals surface area contributed by atoms with E-state index in [9.17, 15) is 9.59 Å². The number of hydrogen-bond donors (Lipinski definition) is 2. The lowest BCUT2D eigenvalue weighted by Gasteiger charge is -2.07. The van der Waals surface area contributed by atoms with Crippen LogP contribution in [0.5, 0.6) is 5.75 Å². The molecule has 1 saturated carbocycles. The van der Waals surface area contributed by atoms with Crippen molar-refractivity contribution in [3.05, 3.63) is 24.3 Å². The van der Waals surface area contributed by atoms with Crippen molar-refractivity contribution < 1.29 is 19.4 Å². The van der Waals surface area contributed by atoms with Crippen molar-refractivity contribution in [1.82, 2.24) is 0 Å². The van der Waals surface area contributed by atoms with E-state index < -0.39 is 23.2 Å². The summed E-state index contributed by atoms with van der Waals surface area (Å²) in [5.41, 5.74) is 0.116. The smallest absolute Gasteiger partial charge is 0.307 e. The van der Waals surface area contributed by atoms with Crippen LogP contribution in [0, 0.1) is 17.3 Å². The van der Waals surface area contributed by atoms with Crippen molar-refractivity contribution in [1.29, 1.82) is 0 Å². The maximum atomic E-state index is 12.1. The van der Waals surface area contributed by atoms with Gasteiger partial charge < -0.3 is 15.2 Å². The molecule has 1 aromatic carbocycles. The summed E-state index contributed by atoms with van der Waals surface area (Å²) in [7, 11) is 1.55. The fourth-order valence-corrected chi connectivity index (χ4v) is 2.51. The number of rotatable bonds is 4. The van der Waals surface area contributed by atoms with Crippen molar-refractivity contribution in [2.24, 2.45) is 17.3 Å². The Hall–Kier alpha value is -2.04. The topological polar surface area (TPSA) is 75.6 Å². The minimum Gasteiger partial charge on any atom is -0.497 e. The molecule has 1 fully saturated rings. The van der Waals surface area contributed by atoms with E-state index in [0.717, 1.165) is 0 Å². The lowest BCUT2D eigenvalue weighted by atomic mass is 10.1. The molecular weight excluding hydrogens is 246 g/mol. The predicted molar refractivity (Wildman–Crippen MR) is 70.0 cm³/mol. The predicted octanol–water partition coefficient (Wildman–Crippen LogP) is 1.99. The number of nitrogens with one attached hydrogen (secondary N) is 1. The summed E-state index contributed by atoms with van der Waals surface area (Å²) in [6.45, 7) is 3.59. The summed E-state index contributed by atoms with van der Waals surface area (Å²) in [4.78, 5) is 23.1. The molecule has 2 atom stereocenters. The molecule has 19 heavy (non-hydrogen) atoms. The minimum atomic E-state index is -0.921. The van der Waals surface area contributed by atoms with Gasteiger partial charge in [0.25, 0.3) is 0 Å². The Balaban J connectivity index is 2.08. The van der Waals surface area contributed by atoms with E-state index in [0.29, 0.717) is 11.4 Å². The van der Waals surface area contributed by atoms with Gasteiger partial charge in [0.1, 0.15) is 5.75 Å². The normalized spacial score (nSPS) is 23.5. The molecule has 5 nitrogen and oxygen atoms in total. The third-order valence-electron chi connectivity index (χ3n) is 3.71. The Morgan fingerprint density at radius 1 is 1.32 bits per heavy atom. The Morgan fingerprint density at radius 2 is 2.00 bits per heavy atom. The number of benzene rings is 1. The first-order valence-electron chi connectivity index (χ1n) is 6.05. The van der Waals surface area contributed by atoms with E-state index in [1.807, 2.05) is 0 Å². The Bertz CT molecular complexity index is 524. The molecular formula is C14H17NO4. The Morgan fingerprint density at radius 3 is 2.53 bits per heavy atom. The van der Waals surface area contributed by atoms with Gasteiger partial charge >= 0.3 is 5.97 Å². The van der Waals surface area contributed by atoms with Gasteiger partial charge in [-0.2, -0.15) is 0 Å². The minimum absolute atomic E-state index is 0.259. The van der Waals surface area contributed by atoms with Crippen LogP contribution in [0.15, 0.2) is 24.3 Å². The van der Waals surface area contributed by atoms with Gasteiger partial charge in [0.15, 0.2) is 0 Å². The molecule has 0 saturated heterocycles. The number of carbonyl (C=O) groups excluding carboxylic acids is 1. The maximum Gasteiger partial charge on any atom is 0.307 e. The van der Waals surface area contributed by atoms with Crippen molar-refractivity contribution in [2.75, 3.05) is 12.4 Å². The summed E-state index contributed by atoms with van der Waals surface area (Å²) in [5.74, 6) is -1.64. The second-order valence-electron chi connectivity index (χ2n) is 5.34. The highest BCUT2D eigenvalue weighted by Gasteiger charge is 2.65. The van der Waals surface area contributed by atoms with E-state index in [1.165, 1.54) is 0 Å². The largest absolute Gasteiger partial charge is 0.497 e. The Kier molecular flexibility index (Phi) is 3.22. The third-order valence-corrected chi connectivity index (χ3v) is 3.71. The van der Waals surface area contributed by atoms with Gasteiger partial charge in [-0.1, -0.05) is 19.9 Å². The van der Waals surface area contributed by atoms with Crippen LogP contribution in [0.1, 0.15) is 13.8 Å². The summed E-state index contributed by atoms with van der Waals surface area (Å²) < 4.78 is 5.07. The van der Waals surface area contributed by atoms with Crippen molar-refractivity contribution in [2.45, 2.75) is 13.8 Å². The summed E-state index contributed by atoms with van der Waals surface area (Å²) in [5, 5.41) is 11.8. The third kappa shape index (κ3) is 2.41. The van der Waals surface area contributed by atoms with Gasteiger partial charge in [-0.3, -0.25) is 9.59 Å². The number of ether oxygens (including phenoxy) is 1. The second-order valence-corrected chi connectivity index (χ2v) is 5.34. The summed E-state index contributed by atoms with van der Waals surface area (Å²) in [6, 6.07) is 6.98. The van der Waals surface area contributed by atoms with Crippen LogP contribution in [-0.4, -0.2) is 24.1 Å². The highest BCUT2D eigenvalue weighted by Crippen LogP contribution is 2.58. The zero-order chi connectivity index (χ0) is 14.2. The molecule has 0 radical (unpaired) electrons. The molecule has 0 spiro atoms. The molecule has 102 valence electrons. The van der Waals surface area contributed by atoms with E-state index >= 15 is 0 Å². The number of aliphatic carboxylic acids is 1. The Labute approximate surface area is 111 Å². The van der Waals surface area contributed by atoms with E-state index in [4.69, 9.17) is 9.84 Å². The fourth-order valence-electron chi connectivity index (χ4n) is 2.51. The number of methoxy groups -OCH3 is 1. The second kappa shape index (κ2) is 4.57. The molecule has 0 unspecified atom stereocenters. The van der Waals surface area contributed by atoms with Gasteiger partial charge in [0.2, 0.25) is 5.91 Å². The standard InChI is InChI=1S/C14H17NO4/c1-14(2)10(11(14)13(17)18)12(16)15-8-5-4-6-9(7-8)19-3/h4-7,10-11H,1-3H3,(H,15,16)(H,17,18)/t10-,11+/m0/s1. The molecule has 1 amide bonds. The number of carboxylic acid groups (broad SMARTS) is 1. The molecule has 0 aromatic heterocycles. The molecule has 1 aromatic rings. The summed E-state index contributed by atoms with van der Waals surface area (Å²) in [6.07, 6.45) is 0. The number of carbonyl (C=O) groups is 2. The van der Waals surface area contributed by atoms with Gasteiger partial charge in [0, 0.05) is 11.8 Å². The zero-order valence-corrected chi connectivity index (χ0v) is 11.1. The highest BCUT2D eigenvalue weighted by atomic mass is 16.5. The van der Waals surface area contributed by atoms with Gasteiger partial charge in [-0.05, 0) is 17.5 Å². The lowest BCUT2D eigenvalue weighted by Crippen LogP contribution is -2.17. The maximum absolute atomic E-state index is 12.1. The highest BCUT2D eigenvalue weighted by molar-refractivity contribution is 5.99. The first-order valence-corrected chi connectivity index (χ1v) is 6.05. The van der Waals surface area contributed by atoms with Crippen molar-refractivity contribution >= 4 is 17.6 Å². The molecule has 2 N–H and O–H groups in total. The monoisotopic (exact) mass is 263 g/mol. The molecule has 0 bridgehead atoms. The van der Waals surface area contributed by atoms with Crippen LogP contribution in [0.3, 0.4) is 0 Å². The van der Waals surface area contributed by atoms with Crippen LogP contribution in [0.2, 0.25) is 0 Å². The van der Waals surface area contributed by atoms with Crippen LogP contribution in [0.25, 0.3) is 0 Å². The number of anilines is 1. The number of amides is 1. The molecule has 0 aliphatic heterocycles. The summed E-state index contributed by atoms with van der Waals surface area (Å²) >= 11 is 0. The average Bonchev–Trinajstić information content (AvgIpc) is 2.93. The van der Waals surface area contributed by atoms with E-state index in [-0.39, 0.29) is 5.91 Å². The van der Waals surface area contributed by atoms with Gasteiger partial charge in [-0.15, -0.1) is 0 Å². The SMILES string of the molecule is COc1cccc(NC(=O)[C@@H]2[C@H](C(=O)O)C2(C)C)c1. The van der Waals surface area contributed by atoms with Crippen LogP contribution in [0.4, 0.5) is 5.69 Å². The van der Waals surface area contributed by atoms with Crippen LogP contribution >= 0.6 is 0 Å². The van der Waals surface area contributed by atoms with Gasteiger partial charge in [-0.25, -0.2) is 0 Å². The average molecular weight is 263 g/mol. The molecule has 5 heteroatoms. The zero-order valence-electron chi connectivity index (χ0n) is 11.1. The van der Waals surface area contributed by atoms with Crippen molar-refractivity contribution in [3.63, 3.8) is 0 Å². The first kappa shape index (κ1) is 13.4. The number of carboxylic acids is 1. The van der Waals surface area contributed by atoms with Gasteiger partial charge in [0.05, 0.1) is 18.9 Å². The van der Waals surface area contributed by atoms with E-state index in [2.05, 4.69) is 5.32 Å². The van der Waals surface area contributed by atoms with E-state index in [1.54, 1.807) is 45.2 Å². The van der Waals surface area contributed by atoms with Crippen LogP contribution < -0.4 is 10.1 Å². The molecule has 0 heterocycles.